The Bertz CT molecular complexity index is 273. The van der Waals surface area contributed by atoms with E-state index < -0.39 is 0 Å². The molecule has 0 amide bonds. The monoisotopic (exact) mass is 185 g/mol. The average molecular weight is 186 g/mol. The zero-order chi connectivity index (χ0) is 9.14. The van der Waals surface area contributed by atoms with Crippen molar-refractivity contribution in [2.24, 2.45) is 5.73 Å². The van der Waals surface area contributed by atoms with E-state index in [9.17, 15) is 0 Å². The van der Waals surface area contributed by atoms with Crippen molar-refractivity contribution in [1.29, 1.82) is 0 Å². The zero-order valence-electron chi connectivity index (χ0n) is 6.92. The number of hydrogen-bond acceptors (Lipinski definition) is 2. The van der Waals surface area contributed by atoms with Gasteiger partial charge in [-0.25, -0.2) is 0 Å². The molecule has 0 aliphatic rings. The van der Waals surface area contributed by atoms with Crippen molar-refractivity contribution in [3.8, 4) is 0 Å². The maximum absolute atomic E-state index is 8.80. The predicted octanol–water partition coefficient (Wildman–Crippen LogP) is 1.85. The van der Waals surface area contributed by atoms with E-state index in [0.29, 0.717) is 5.02 Å². The number of halogens is 1. The minimum Gasteiger partial charge on any atom is -0.392 e. The van der Waals surface area contributed by atoms with Crippen molar-refractivity contribution in [2.75, 3.05) is 0 Å². The van der Waals surface area contributed by atoms with Gasteiger partial charge in [0.05, 0.1) is 6.61 Å². The summed E-state index contributed by atoms with van der Waals surface area (Å²) in [4.78, 5) is 0. The van der Waals surface area contributed by atoms with Crippen molar-refractivity contribution >= 4 is 11.6 Å². The molecule has 0 saturated carbocycles. The van der Waals surface area contributed by atoms with E-state index in [1.165, 1.54) is 0 Å². The molecule has 0 radical (unpaired) electrons. The molecule has 1 aromatic carbocycles. The fraction of sp³-hybridized carbons (Fsp3) is 0.333. The third kappa shape index (κ3) is 1.97. The lowest BCUT2D eigenvalue weighted by Crippen LogP contribution is -2.05. The zero-order valence-corrected chi connectivity index (χ0v) is 7.67. The Morgan fingerprint density at radius 2 is 2.25 bits per heavy atom. The van der Waals surface area contributed by atoms with Crippen LogP contribution in [-0.2, 0) is 6.61 Å². The highest BCUT2D eigenvalue weighted by molar-refractivity contribution is 6.31. The van der Waals surface area contributed by atoms with Crippen LogP contribution in [0.2, 0.25) is 5.02 Å². The van der Waals surface area contributed by atoms with Crippen molar-refractivity contribution in [1.82, 2.24) is 0 Å². The van der Waals surface area contributed by atoms with Crippen LogP contribution in [0.1, 0.15) is 24.1 Å². The highest BCUT2D eigenvalue weighted by Gasteiger charge is 2.04. The van der Waals surface area contributed by atoms with Crippen LogP contribution in [-0.4, -0.2) is 5.11 Å². The molecule has 0 aliphatic heterocycles. The molecule has 66 valence electrons. The molecule has 1 rings (SSSR count). The van der Waals surface area contributed by atoms with Gasteiger partial charge < -0.3 is 10.8 Å². The molecular formula is C9H12ClNO. The Labute approximate surface area is 77.0 Å². The Balaban J connectivity index is 3.03. The second-order valence-corrected chi connectivity index (χ2v) is 3.21. The molecule has 1 atom stereocenters. The molecule has 0 heterocycles. The van der Waals surface area contributed by atoms with E-state index in [4.69, 9.17) is 22.4 Å². The standard InChI is InChI=1S/C9H12ClNO/c1-6(11)8-3-2-7(5-12)4-9(8)10/h2-4,6,12H,5,11H2,1H3. The summed E-state index contributed by atoms with van der Waals surface area (Å²) in [7, 11) is 0. The molecule has 0 fully saturated rings. The molecule has 0 aromatic heterocycles. The van der Waals surface area contributed by atoms with Crippen molar-refractivity contribution in [2.45, 2.75) is 19.6 Å². The van der Waals surface area contributed by atoms with E-state index in [-0.39, 0.29) is 12.6 Å². The van der Waals surface area contributed by atoms with Gasteiger partial charge in [-0.1, -0.05) is 23.7 Å². The van der Waals surface area contributed by atoms with Gasteiger partial charge in [-0.2, -0.15) is 0 Å². The van der Waals surface area contributed by atoms with Crippen LogP contribution in [0.3, 0.4) is 0 Å². The van der Waals surface area contributed by atoms with Crippen molar-refractivity contribution in [3.05, 3.63) is 34.3 Å². The molecule has 3 N–H and O–H groups in total. The number of aliphatic hydroxyl groups is 1. The summed E-state index contributed by atoms with van der Waals surface area (Å²) < 4.78 is 0. The van der Waals surface area contributed by atoms with Crippen LogP contribution < -0.4 is 5.73 Å². The topological polar surface area (TPSA) is 46.2 Å². The average Bonchev–Trinajstić information content (AvgIpc) is 2.03. The molecule has 0 bridgehead atoms. The lowest BCUT2D eigenvalue weighted by atomic mass is 10.1. The summed E-state index contributed by atoms with van der Waals surface area (Å²) in [6.07, 6.45) is 0. The van der Waals surface area contributed by atoms with Crippen molar-refractivity contribution < 1.29 is 5.11 Å². The van der Waals surface area contributed by atoms with Gasteiger partial charge in [0, 0.05) is 11.1 Å². The summed E-state index contributed by atoms with van der Waals surface area (Å²) in [6.45, 7) is 1.89. The number of rotatable bonds is 2. The Kier molecular flexibility index (Phi) is 3.09. The Morgan fingerprint density at radius 3 is 2.67 bits per heavy atom. The fourth-order valence-corrected chi connectivity index (χ4v) is 1.41. The van der Waals surface area contributed by atoms with Gasteiger partial charge in [0.25, 0.3) is 0 Å². The van der Waals surface area contributed by atoms with Gasteiger partial charge in [0.1, 0.15) is 0 Å². The molecule has 0 saturated heterocycles. The first-order valence-corrected chi connectivity index (χ1v) is 4.17. The smallest absolute Gasteiger partial charge is 0.0682 e. The second-order valence-electron chi connectivity index (χ2n) is 2.80. The number of hydrogen-bond donors (Lipinski definition) is 2. The van der Waals surface area contributed by atoms with E-state index in [0.717, 1.165) is 11.1 Å². The highest BCUT2D eigenvalue weighted by atomic mass is 35.5. The van der Waals surface area contributed by atoms with Gasteiger partial charge in [-0.05, 0) is 24.1 Å². The first-order valence-electron chi connectivity index (χ1n) is 3.80. The van der Waals surface area contributed by atoms with Gasteiger partial charge in [-0.3, -0.25) is 0 Å². The lowest BCUT2D eigenvalue weighted by Gasteiger charge is -2.08. The third-order valence-electron chi connectivity index (χ3n) is 1.74. The van der Waals surface area contributed by atoms with Crippen LogP contribution >= 0.6 is 11.6 Å². The third-order valence-corrected chi connectivity index (χ3v) is 2.07. The first-order chi connectivity index (χ1) is 5.65. The molecule has 0 spiro atoms. The maximum Gasteiger partial charge on any atom is 0.0682 e. The van der Waals surface area contributed by atoms with Gasteiger partial charge in [-0.15, -0.1) is 0 Å². The molecule has 1 unspecified atom stereocenters. The number of benzene rings is 1. The Morgan fingerprint density at radius 1 is 1.58 bits per heavy atom. The largest absolute Gasteiger partial charge is 0.392 e. The van der Waals surface area contributed by atoms with Gasteiger partial charge >= 0.3 is 0 Å². The second kappa shape index (κ2) is 3.90. The predicted molar refractivity (Wildman–Crippen MR) is 50.0 cm³/mol. The first kappa shape index (κ1) is 9.52. The minimum absolute atomic E-state index is 0.0128. The molecule has 2 nitrogen and oxygen atoms in total. The number of aliphatic hydroxyl groups excluding tert-OH is 1. The van der Waals surface area contributed by atoms with Gasteiger partial charge in [0.15, 0.2) is 0 Å². The van der Waals surface area contributed by atoms with Crippen molar-refractivity contribution in [3.63, 3.8) is 0 Å². The normalized spacial score (nSPS) is 13.0. The quantitative estimate of drug-likeness (QED) is 0.739. The fourth-order valence-electron chi connectivity index (χ4n) is 1.04. The van der Waals surface area contributed by atoms with Crippen LogP contribution in [0.25, 0.3) is 0 Å². The summed E-state index contributed by atoms with van der Waals surface area (Å²) in [5, 5.41) is 9.42. The highest BCUT2D eigenvalue weighted by Crippen LogP contribution is 2.22. The van der Waals surface area contributed by atoms with Gasteiger partial charge in [0.2, 0.25) is 0 Å². The summed E-state index contributed by atoms with van der Waals surface area (Å²) >= 11 is 5.91. The van der Waals surface area contributed by atoms with E-state index in [1.807, 2.05) is 19.1 Å². The molecule has 3 heteroatoms. The summed E-state index contributed by atoms with van der Waals surface area (Å²) in [5.41, 5.74) is 7.38. The number of nitrogens with two attached hydrogens (primary N) is 1. The van der Waals surface area contributed by atoms with Crippen LogP contribution in [0.5, 0.6) is 0 Å². The minimum atomic E-state index is -0.0646. The Hall–Kier alpha value is -0.570. The molecule has 1 aromatic rings. The van der Waals surface area contributed by atoms with Crippen LogP contribution in [0.4, 0.5) is 0 Å². The van der Waals surface area contributed by atoms with E-state index in [1.54, 1.807) is 6.07 Å². The van der Waals surface area contributed by atoms with E-state index in [2.05, 4.69) is 0 Å². The molecule has 0 aliphatic carbocycles. The molecular weight excluding hydrogens is 174 g/mol. The van der Waals surface area contributed by atoms with Crippen LogP contribution in [0, 0.1) is 0 Å². The van der Waals surface area contributed by atoms with Crippen LogP contribution in [0.15, 0.2) is 18.2 Å². The summed E-state index contributed by atoms with van der Waals surface area (Å²) in [5.74, 6) is 0. The lowest BCUT2D eigenvalue weighted by molar-refractivity contribution is 0.282. The summed E-state index contributed by atoms with van der Waals surface area (Å²) in [6, 6.07) is 5.34. The maximum atomic E-state index is 8.80. The SMILES string of the molecule is CC(N)c1ccc(CO)cc1Cl. The molecule has 12 heavy (non-hydrogen) atoms. The van der Waals surface area contributed by atoms with E-state index >= 15 is 0 Å².